The van der Waals surface area contributed by atoms with Gasteiger partial charge in [0, 0.05) is 7.05 Å². The van der Waals surface area contributed by atoms with Crippen LogP contribution < -0.4 is 9.64 Å². The third-order valence-electron chi connectivity index (χ3n) is 3.19. The number of anilines is 1. The maximum absolute atomic E-state index is 11.8. The number of carbonyl (C=O) groups is 1. The lowest BCUT2D eigenvalue weighted by Crippen LogP contribution is -2.42. The third-order valence-corrected chi connectivity index (χ3v) is 3.19. The van der Waals surface area contributed by atoms with E-state index in [0.29, 0.717) is 0 Å². The van der Waals surface area contributed by atoms with Crippen molar-refractivity contribution in [3.05, 3.63) is 23.8 Å². The van der Waals surface area contributed by atoms with Crippen LogP contribution in [0.1, 0.15) is 32.3 Å². The van der Waals surface area contributed by atoms with Crippen molar-refractivity contribution in [1.82, 2.24) is 0 Å². The van der Waals surface area contributed by atoms with E-state index in [1.807, 2.05) is 13.1 Å². The Morgan fingerprint density at radius 3 is 2.88 bits per heavy atom. The number of amides is 1. The van der Waals surface area contributed by atoms with E-state index < -0.39 is 0 Å². The van der Waals surface area contributed by atoms with E-state index in [4.69, 9.17) is 4.74 Å². The second kappa shape index (κ2) is 4.78. The van der Waals surface area contributed by atoms with E-state index in [2.05, 4.69) is 19.1 Å². The molecule has 3 nitrogen and oxygen atoms in total. The van der Waals surface area contributed by atoms with Gasteiger partial charge in [-0.05, 0) is 37.5 Å². The minimum Gasteiger partial charge on any atom is -0.479 e. The first-order valence-corrected chi connectivity index (χ1v) is 6.20. The van der Waals surface area contributed by atoms with Crippen LogP contribution in [0.5, 0.6) is 5.75 Å². The molecule has 0 radical (unpaired) electrons. The van der Waals surface area contributed by atoms with Gasteiger partial charge in [-0.25, -0.2) is 0 Å². The molecule has 0 spiro atoms. The third kappa shape index (κ3) is 2.28. The maximum Gasteiger partial charge on any atom is 0.267 e. The van der Waals surface area contributed by atoms with Crippen molar-refractivity contribution in [2.45, 2.75) is 39.2 Å². The molecule has 1 aromatic carbocycles. The highest BCUT2D eigenvalue weighted by molar-refractivity contribution is 5.99. The molecule has 1 aliphatic heterocycles. The molecule has 0 aliphatic carbocycles. The molecule has 0 N–H and O–H groups in total. The van der Waals surface area contributed by atoms with Crippen molar-refractivity contribution in [3.8, 4) is 5.75 Å². The van der Waals surface area contributed by atoms with Gasteiger partial charge in [0.15, 0.2) is 6.10 Å². The van der Waals surface area contributed by atoms with Crippen molar-refractivity contribution in [3.63, 3.8) is 0 Å². The largest absolute Gasteiger partial charge is 0.479 e. The number of ether oxygens (including phenoxy) is 1. The van der Waals surface area contributed by atoms with Crippen LogP contribution in [-0.4, -0.2) is 19.1 Å². The van der Waals surface area contributed by atoms with Crippen LogP contribution in [0.4, 0.5) is 5.69 Å². The van der Waals surface area contributed by atoms with Gasteiger partial charge in [-0.2, -0.15) is 0 Å². The molecule has 0 saturated heterocycles. The second-order valence-electron chi connectivity index (χ2n) is 4.56. The Hall–Kier alpha value is -1.51. The fraction of sp³-hybridized carbons (Fsp3) is 0.500. The van der Waals surface area contributed by atoms with Crippen molar-refractivity contribution >= 4 is 11.6 Å². The molecule has 92 valence electrons. The highest BCUT2D eigenvalue weighted by atomic mass is 16.5. The molecule has 1 amide bonds. The van der Waals surface area contributed by atoms with Gasteiger partial charge in [0.05, 0.1) is 5.69 Å². The van der Waals surface area contributed by atoms with Crippen LogP contribution in [0.15, 0.2) is 18.2 Å². The zero-order chi connectivity index (χ0) is 12.4. The molecule has 2 rings (SSSR count). The Kier molecular flexibility index (Phi) is 3.36. The molecule has 1 heterocycles. The van der Waals surface area contributed by atoms with E-state index in [1.165, 1.54) is 18.4 Å². The van der Waals surface area contributed by atoms with Crippen LogP contribution in [0, 0.1) is 0 Å². The lowest BCUT2D eigenvalue weighted by atomic mass is 10.1. The fourth-order valence-corrected chi connectivity index (χ4v) is 2.09. The molecule has 3 heteroatoms. The number of hydrogen-bond acceptors (Lipinski definition) is 2. The Morgan fingerprint density at radius 1 is 1.41 bits per heavy atom. The summed E-state index contributed by atoms with van der Waals surface area (Å²) in [5.41, 5.74) is 2.16. The van der Waals surface area contributed by atoms with E-state index >= 15 is 0 Å². The van der Waals surface area contributed by atoms with Crippen LogP contribution in [0.25, 0.3) is 0 Å². The van der Waals surface area contributed by atoms with Crippen molar-refractivity contribution < 1.29 is 9.53 Å². The van der Waals surface area contributed by atoms with Gasteiger partial charge in [-0.15, -0.1) is 0 Å². The highest BCUT2D eigenvalue weighted by Crippen LogP contribution is 2.34. The Balaban J connectivity index is 2.28. The first kappa shape index (κ1) is 12.0. The molecule has 0 saturated carbocycles. The zero-order valence-corrected chi connectivity index (χ0v) is 10.7. The number of fused-ring (bicyclic) bond motifs is 1. The average molecular weight is 233 g/mol. The van der Waals surface area contributed by atoms with Gasteiger partial charge < -0.3 is 9.64 Å². The van der Waals surface area contributed by atoms with Gasteiger partial charge in [0.1, 0.15) is 5.75 Å². The second-order valence-corrected chi connectivity index (χ2v) is 4.56. The molecule has 1 unspecified atom stereocenters. The average Bonchev–Trinajstić information content (AvgIpc) is 2.34. The summed E-state index contributed by atoms with van der Waals surface area (Å²) in [6.45, 7) is 3.96. The van der Waals surface area contributed by atoms with Gasteiger partial charge >= 0.3 is 0 Å². The SMILES string of the molecule is CCCCc1ccc2c(c1)N(C)C(=O)C(C)O2. The Labute approximate surface area is 102 Å². The summed E-state index contributed by atoms with van der Waals surface area (Å²) in [5, 5.41) is 0. The quantitative estimate of drug-likeness (QED) is 0.803. The van der Waals surface area contributed by atoms with E-state index in [1.54, 1.807) is 11.8 Å². The standard InChI is InChI=1S/C14H19NO2/c1-4-5-6-11-7-8-13-12(9-11)15(3)14(16)10(2)17-13/h7-10H,4-6H2,1-3H3. The first-order valence-electron chi connectivity index (χ1n) is 6.20. The normalized spacial score (nSPS) is 18.9. The number of aryl methyl sites for hydroxylation is 1. The van der Waals surface area contributed by atoms with Crippen molar-refractivity contribution in [2.24, 2.45) is 0 Å². The zero-order valence-electron chi connectivity index (χ0n) is 10.7. The lowest BCUT2D eigenvalue weighted by molar-refractivity contribution is -0.125. The molecular weight excluding hydrogens is 214 g/mol. The van der Waals surface area contributed by atoms with Gasteiger partial charge in [0.2, 0.25) is 0 Å². The number of likely N-dealkylation sites (N-methyl/N-ethyl adjacent to an activating group) is 1. The summed E-state index contributed by atoms with van der Waals surface area (Å²) in [7, 11) is 1.81. The fourth-order valence-electron chi connectivity index (χ4n) is 2.09. The van der Waals surface area contributed by atoms with Crippen LogP contribution in [0.3, 0.4) is 0 Å². The molecule has 0 aromatic heterocycles. The predicted molar refractivity (Wildman–Crippen MR) is 68.6 cm³/mol. The van der Waals surface area contributed by atoms with Crippen LogP contribution >= 0.6 is 0 Å². The lowest BCUT2D eigenvalue weighted by Gasteiger charge is -2.30. The van der Waals surface area contributed by atoms with E-state index in [-0.39, 0.29) is 12.0 Å². The molecule has 0 bridgehead atoms. The van der Waals surface area contributed by atoms with E-state index in [0.717, 1.165) is 17.9 Å². The maximum atomic E-state index is 11.8. The molecule has 1 atom stereocenters. The predicted octanol–water partition coefficient (Wildman–Crippen LogP) is 2.77. The topological polar surface area (TPSA) is 29.5 Å². The number of benzene rings is 1. The van der Waals surface area contributed by atoms with Gasteiger partial charge in [-0.3, -0.25) is 4.79 Å². The number of rotatable bonds is 3. The number of nitrogens with zero attached hydrogens (tertiary/aromatic N) is 1. The monoisotopic (exact) mass is 233 g/mol. The summed E-state index contributed by atoms with van der Waals surface area (Å²) in [6.07, 6.45) is 3.03. The van der Waals surface area contributed by atoms with Crippen LogP contribution in [-0.2, 0) is 11.2 Å². The van der Waals surface area contributed by atoms with Crippen molar-refractivity contribution in [1.29, 1.82) is 0 Å². The molecule has 0 fully saturated rings. The first-order chi connectivity index (χ1) is 8.13. The number of hydrogen-bond donors (Lipinski definition) is 0. The minimum atomic E-state index is -0.381. The minimum absolute atomic E-state index is 0.0186. The molecule has 1 aromatic rings. The van der Waals surface area contributed by atoms with Crippen LogP contribution in [0.2, 0.25) is 0 Å². The molecular formula is C14H19NO2. The molecule has 17 heavy (non-hydrogen) atoms. The summed E-state index contributed by atoms with van der Waals surface area (Å²) in [5.74, 6) is 0.824. The van der Waals surface area contributed by atoms with Crippen molar-refractivity contribution in [2.75, 3.05) is 11.9 Å². The summed E-state index contributed by atoms with van der Waals surface area (Å²) in [6, 6.07) is 6.12. The number of unbranched alkanes of at least 4 members (excludes halogenated alkanes) is 1. The Bertz CT molecular complexity index is 428. The summed E-state index contributed by atoms with van der Waals surface area (Å²) in [4.78, 5) is 13.5. The summed E-state index contributed by atoms with van der Waals surface area (Å²) >= 11 is 0. The van der Waals surface area contributed by atoms with E-state index in [9.17, 15) is 4.79 Å². The Morgan fingerprint density at radius 2 is 2.18 bits per heavy atom. The molecule has 1 aliphatic rings. The highest BCUT2D eigenvalue weighted by Gasteiger charge is 2.28. The van der Waals surface area contributed by atoms with Gasteiger partial charge in [0.25, 0.3) is 5.91 Å². The summed E-state index contributed by atoms with van der Waals surface area (Å²) < 4.78 is 5.58. The number of carbonyl (C=O) groups excluding carboxylic acids is 1. The smallest absolute Gasteiger partial charge is 0.267 e. The van der Waals surface area contributed by atoms with Gasteiger partial charge in [-0.1, -0.05) is 19.4 Å².